The van der Waals surface area contributed by atoms with Gasteiger partial charge in [-0.25, -0.2) is 0 Å². The monoisotopic (exact) mass is 415 g/mol. The van der Waals surface area contributed by atoms with Gasteiger partial charge in [-0.15, -0.1) is 0 Å². The molecule has 1 aromatic rings. The first-order chi connectivity index (χ1) is 14.2. The topological polar surface area (TPSA) is 78.5 Å². The number of piperidine rings is 1. The summed E-state index contributed by atoms with van der Waals surface area (Å²) in [6, 6.07) is 6.83. The van der Waals surface area contributed by atoms with Crippen LogP contribution in [-0.4, -0.2) is 47.8 Å². The van der Waals surface area contributed by atoms with Gasteiger partial charge in [-0.3, -0.25) is 14.4 Å². The van der Waals surface area contributed by atoms with Crippen LogP contribution in [0.3, 0.4) is 0 Å². The van der Waals surface area contributed by atoms with E-state index in [1.165, 1.54) is 0 Å². The molecule has 6 nitrogen and oxygen atoms in total. The maximum atomic E-state index is 13.0. The molecule has 1 aliphatic rings. The number of nitrogens with one attached hydrogen (secondary N) is 2. The molecule has 6 heteroatoms. The molecule has 0 spiro atoms. The summed E-state index contributed by atoms with van der Waals surface area (Å²) in [5.74, 6) is 0.143. The molecule has 30 heavy (non-hydrogen) atoms. The molecular weight excluding hydrogens is 378 g/mol. The van der Waals surface area contributed by atoms with E-state index in [4.69, 9.17) is 0 Å². The van der Waals surface area contributed by atoms with Gasteiger partial charge in [0, 0.05) is 31.1 Å². The Kier molecular flexibility index (Phi) is 8.88. The highest BCUT2D eigenvalue weighted by molar-refractivity contribution is 5.98. The summed E-state index contributed by atoms with van der Waals surface area (Å²) in [7, 11) is 0. The Bertz CT molecular complexity index is 739. The Hall–Kier alpha value is -2.37. The van der Waals surface area contributed by atoms with Crippen LogP contribution in [0.15, 0.2) is 24.3 Å². The lowest BCUT2D eigenvalue weighted by atomic mass is 9.88. The SMILES string of the molecule is CC[C@H](C)NC(=O)[C@@H](NC(=O)c1ccccc1C)C1CCN(C(=O)CC(C)C)CC1. The van der Waals surface area contributed by atoms with Crippen molar-refractivity contribution in [2.75, 3.05) is 13.1 Å². The Balaban J connectivity index is 2.10. The first kappa shape index (κ1) is 23.9. The average molecular weight is 416 g/mol. The number of likely N-dealkylation sites (tertiary alicyclic amines) is 1. The molecule has 0 unspecified atom stereocenters. The molecule has 1 aliphatic heterocycles. The van der Waals surface area contributed by atoms with Gasteiger partial charge in [0.05, 0.1) is 0 Å². The molecule has 0 aliphatic carbocycles. The van der Waals surface area contributed by atoms with E-state index in [9.17, 15) is 14.4 Å². The normalized spacial score (nSPS) is 16.8. The third kappa shape index (κ3) is 6.57. The smallest absolute Gasteiger partial charge is 0.252 e. The minimum Gasteiger partial charge on any atom is -0.352 e. The minimum absolute atomic E-state index is 0.00474. The van der Waals surface area contributed by atoms with Gasteiger partial charge >= 0.3 is 0 Å². The van der Waals surface area contributed by atoms with Crippen LogP contribution in [0.4, 0.5) is 0 Å². The molecule has 0 aromatic heterocycles. The summed E-state index contributed by atoms with van der Waals surface area (Å²) in [6.07, 6.45) is 2.78. The zero-order valence-corrected chi connectivity index (χ0v) is 19.0. The number of benzene rings is 1. The molecule has 2 N–H and O–H groups in total. The van der Waals surface area contributed by atoms with E-state index in [0.717, 1.165) is 12.0 Å². The summed E-state index contributed by atoms with van der Waals surface area (Å²) in [5.41, 5.74) is 1.47. The fraction of sp³-hybridized carbons (Fsp3) is 0.625. The maximum Gasteiger partial charge on any atom is 0.252 e. The zero-order chi connectivity index (χ0) is 22.3. The zero-order valence-electron chi connectivity index (χ0n) is 19.0. The van der Waals surface area contributed by atoms with Gasteiger partial charge in [-0.1, -0.05) is 39.0 Å². The number of carbonyl (C=O) groups is 3. The van der Waals surface area contributed by atoms with Gasteiger partial charge in [0.15, 0.2) is 0 Å². The Morgan fingerprint density at radius 2 is 1.70 bits per heavy atom. The number of hydrogen-bond donors (Lipinski definition) is 2. The number of hydrogen-bond acceptors (Lipinski definition) is 3. The standard InChI is InChI=1S/C24H37N3O3/c1-6-18(5)25-24(30)22(26-23(29)20-10-8-7-9-17(20)4)19-11-13-27(14-12-19)21(28)15-16(2)3/h7-10,16,18-19,22H,6,11-15H2,1-5H3,(H,25,30)(H,26,29)/t18-,22-/m0/s1. The maximum absolute atomic E-state index is 13.0. The van der Waals surface area contributed by atoms with Crippen molar-refractivity contribution in [1.82, 2.24) is 15.5 Å². The van der Waals surface area contributed by atoms with Crippen molar-refractivity contribution in [1.29, 1.82) is 0 Å². The van der Waals surface area contributed by atoms with Crippen LogP contribution in [0, 0.1) is 18.8 Å². The van der Waals surface area contributed by atoms with Gasteiger partial charge in [-0.05, 0) is 56.6 Å². The van der Waals surface area contributed by atoms with Crippen molar-refractivity contribution < 1.29 is 14.4 Å². The first-order valence-electron chi connectivity index (χ1n) is 11.2. The highest BCUT2D eigenvalue weighted by atomic mass is 16.2. The van der Waals surface area contributed by atoms with Gasteiger partial charge in [0.25, 0.3) is 5.91 Å². The number of nitrogens with zero attached hydrogens (tertiary/aromatic N) is 1. The summed E-state index contributed by atoms with van der Waals surface area (Å²) in [4.78, 5) is 40.2. The molecule has 0 bridgehead atoms. The van der Waals surface area contributed by atoms with E-state index in [0.29, 0.717) is 43.8 Å². The number of aryl methyl sites for hydroxylation is 1. The van der Waals surface area contributed by atoms with Gasteiger partial charge < -0.3 is 15.5 Å². The fourth-order valence-corrected chi connectivity index (χ4v) is 3.84. The van der Waals surface area contributed by atoms with Gasteiger partial charge in [0.2, 0.25) is 11.8 Å². The predicted molar refractivity (Wildman–Crippen MR) is 119 cm³/mol. The molecule has 2 atom stereocenters. The van der Waals surface area contributed by atoms with Crippen LogP contribution in [0.1, 0.15) is 69.3 Å². The number of carbonyl (C=O) groups excluding carboxylic acids is 3. The van der Waals surface area contributed by atoms with Crippen molar-refractivity contribution >= 4 is 17.7 Å². The van der Waals surface area contributed by atoms with E-state index in [-0.39, 0.29) is 29.7 Å². The third-order valence-corrected chi connectivity index (χ3v) is 5.91. The minimum atomic E-state index is -0.603. The molecule has 2 rings (SSSR count). The second-order valence-corrected chi connectivity index (χ2v) is 8.90. The molecule has 1 saturated heterocycles. The lowest BCUT2D eigenvalue weighted by Crippen LogP contribution is -2.55. The quantitative estimate of drug-likeness (QED) is 0.684. The van der Waals surface area contributed by atoms with Crippen molar-refractivity contribution in [3.63, 3.8) is 0 Å². The highest BCUT2D eigenvalue weighted by Gasteiger charge is 2.34. The van der Waals surface area contributed by atoms with E-state index in [2.05, 4.69) is 10.6 Å². The van der Waals surface area contributed by atoms with Gasteiger partial charge in [0.1, 0.15) is 6.04 Å². The fourth-order valence-electron chi connectivity index (χ4n) is 3.84. The molecule has 1 heterocycles. The van der Waals surface area contributed by atoms with Crippen molar-refractivity contribution in [3.8, 4) is 0 Å². The second kappa shape index (κ2) is 11.1. The summed E-state index contributed by atoms with van der Waals surface area (Å²) >= 11 is 0. The van der Waals surface area contributed by atoms with Crippen molar-refractivity contribution in [3.05, 3.63) is 35.4 Å². The van der Waals surface area contributed by atoms with Gasteiger partial charge in [-0.2, -0.15) is 0 Å². The molecule has 1 aromatic carbocycles. The third-order valence-electron chi connectivity index (χ3n) is 5.91. The number of amides is 3. The van der Waals surface area contributed by atoms with Crippen LogP contribution in [0.25, 0.3) is 0 Å². The van der Waals surface area contributed by atoms with Crippen molar-refractivity contribution in [2.45, 2.75) is 72.4 Å². The lowest BCUT2D eigenvalue weighted by Gasteiger charge is -2.36. The molecule has 3 amide bonds. The number of rotatable bonds is 8. The Morgan fingerprint density at radius 3 is 2.27 bits per heavy atom. The Morgan fingerprint density at radius 1 is 1.07 bits per heavy atom. The van der Waals surface area contributed by atoms with E-state index >= 15 is 0 Å². The van der Waals surface area contributed by atoms with Crippen LogP contribution in [0.2, 0.25) is 0 Å². The van der Waals surface area contributed by atoms with Crippen molar-refractivity contribution in [2.24, 2.45) is 11.8 Å². The Labute approximate surface area is 180 Å². The van der Waals surface area contributed by atoms with Crippen LogP contribution in [0.5, 0.6) is 0 Å². The van der Waals surface area contributed by atoms with Crippen LogP contribution >= 0.6 is 0 Å². The lowest BCUT2D eigenvalue weighted by molar-refractivity contribution is -0.133. The largest absolute Gasteiger partial charge is 0.352 e. The molecular formula is C24H37N3O3. The summed E-state index contributed by atoms with van der Waals surface area (Å²) in [5, 5.41) is 6.02. The second-order valence-electron chi connectivity index (χ2n) is 8.90. The van der Waals surface area contributed by atoms with E-state index in [1.807, 2.05) is 57.7 Å². The van der Waals surface area contributed by atoms with E-state index < -0.39 is 6.04 Å². The van der Waals surface area contributed by atoms with Crippen LogP contribution in [-0.2, 0) is 9.59 Å². The predicted octanol–water partition coefficient (Wildman–Crippen LogP) is 3.29. The summed E-state index contributed by atoms with van der Waals surface area (Å²) in [6.45, 7) is 11.2. The molecule has 0 saturated carbocycles. The molecule has 166 valence electrons. The first-order valence-corrected chi connectivity index (χ1v) is 11.2. The molecule has 0 radical (unpaired) electrons. The highest BCUT2D eigenvalue weighted by Crippen LogP contribution is 2.23. The van der Waals surface area contributed by atoms with Crippen LogP contribution < -0.4 is 10.6 Å². The summed E-state index contributed by atoms with van der Waals surface area (Å²) < 4.78 is 0. The molecule has 1 fully saturated rings. The average Bonchev–Trinajstić information content (AvgIpc) is 2.71. The van der Waals surface area contributed by atoms with E-state index in [1.54, 1.807) is 6.07 Å².